The van der Waals surface area contributed by atoms with E-state index in [4.69, 9.17) is 14.2 Å². The highest BCUT2D eigenvalue weighted by Gasteiger charge is 2.15. The number of aromatic amines is 1. The number of methoxy groups -OCH3 is 1. The van der Waals surface area contributed by atoms with Gasteiger partial charge in [0.1, 0.15) is 11.9 Å². The van der Waals surface area contributed by atoms with Crippen LogP contribution in [0.25, 0.3) is 0 Å². The van der Waals surface area contributed by atoms with Crippen molar-refractivity contribution in [3.8, 4) is 17.5 Å². The number of hydrogen-bond donors (Lipinski definition) is 3. The van der Waals surface area contributed by atoms with Crippen LogP contribution in [0.2, 0.25) is 0 Å². The Hall–Kier alpha value is -3.92. The lowest BCUT2D eigenvalue weighted by Gasteiger charge is -2.15. The van der Waals surface area contributed by atoms with E-state index in [1.807, 2.05) is 6.92 Å². The Morgan fingerprint density at radius 2 is 1.84 bits per heavy atom. The minimum atomic E-state index is -0.399. The molecular formula is C21H23N5O5. The molecule has 3 rings (SSSR count). The van der Waals surface area contributed by atoms with E-state index in [1.54, 1.807) is 43.6 Å². The van der Waals surface area contributed by atoms with Gasteiger partial charge in [0.25, 0.3) is 5.91 Å². The Bertz CT molecular complexity index is 1020. The summed E-state index contributed by atoms with van der Waals surface area (Å²) in [6.45, 7) is 3.61. The van der Waals surface area contributed by atoms with E-state index < -0.39 is 5.91 Å². The predicted molar refractivity (Wildman–Crippen MR) is 114 cm³/mol. The standard InChI is InChI=1S/C21H23N5O5/c1-13(12-29-3)30-19-10-15(21(28)24-18-8-9-22-26-18)11-20(25-19)31-17-6-4-16(5-7-17)23-14(2)27/h4-11,13H,12H2,1-3H3,(H,23,27)(H2,22,24,26,28)/t13-/m1/s1. The summed E-state index contributed by atoms with van der Waals surface area (Å²) < 4.78 is 16.6. The van der Waals surface area contributed by atoms with E-state index >= 15 is 0 Å². The number of benzene rings is 1. The number of rotatable bonds is 9. The van der Waals surface area contributed by atoms with Gasteiger partial charge in [-0.25, -0.2) is 0 Å². The maximum Gasteiger partial charge on any atom is 0.257 e. The molecule has 0 bridgehead atoms. The third-order valence-corrected chi connectivity index (χ3v) is 3.90. The highest BCUT2D eigenvalue weighted by Crippen LogP contribution is 2.26. The highest BCUT2D eigenvalue weighted by molar-refractivity contribution is 6.04. The van der Waals surface area contributed by atoms with Gasteiger partial charge in [0.05, 0.1) is 12.2 Å². The van der Waals surface area contributed by atoms with Gasteiger partial charge in [-0.1, -0.05) is 0 Å². The second-order valence-electron chi connectivity index (χ2n) is 6.64. The van der Waals surface area contributed by atoms with Crippen LogP contribution in [-0.4, -0.2) is 46.8 Å². The summed E-state index contributed by atoms with van der Waals surface area (Å²) in [5.41, 5.74) is 0.917. The first-order chi connectivity index (χ1) is 14.9. The smallest absolute Gasteiger partial charge is 0.257 e. The van der Waals surface area contributed by atoms with Crippen LogP contribution in [0.1, 0.15) is 24.2 Å². The summed E-state index contributed by atoms with van der Waals surface area (Å²) in [6, 6.07) is 11.4. The fourth-order valence-electron chi connectivity index (χ4n) is 2.65. The maximum absolute atomic E-state index is 12.7. The van der Waals surface area contributed by atoms with Crippen LogP contribution in [0, 0.1) is 0 Å². The molecule has 2 amide bonds. The average Bonchev–Trinajstić information content (AvgIpc) is 3.22. The van der Waals surface area contributed by atoms with Gasteiger partial charge in [-0.2, -0.15) is 10.1 Å². The molecule has 0 fully saturated rings. The Balaban J connectivity index is 1.83. The third kappa shape index (κ3) is 6.54. The first-order valence-electron chi connectivity index (χ1n) is 9.47. The van der Waals surface area contributed by atoms with Crippen molar-refractivity contribution in [3.63, 3.8) is 0 Å². The van der Waals surface area contributed by atoms with Gasteiger partial charge >= 0.3 is 0 Å². The van der Waals surface area contributed by atoms with E-state index in [0.717, 1.165) is 0 Å². The number of H-pyrrole nitrogens is 1. The molecule has 0 spiro atoms. The molecule has 2 aromatic heterocycles. The molecule has 10 heteroatoms. The van der Waals surface area contributed by atoms with E-state index in [9.17, 15) is 9.59 Å². The van der Waals surface area contributed by atoms with E-state index in [1.165, 1.54) is 19.1 Å². The third-order valence-electron chi connectivity index (χ3n) is 3.90. The van der Waals surface area contributed by atoms with Crippen LogP contribution < -0.4 is 20.1 Å². The number of hydrogen-bond acceptors (Lipinski definition) is 7. The molecule has 0 aliphatic heterocycles. The Labute approximate surface area is 178 Å². The van der Waals surface area contributed by atoms with Gasteiger partial charge in [0.15, 0.2) is 5.82 Å². The number of aromatic nitrogens is 3. The van der Waals surface area contributed by atoms with Crippen LogP contribution in [0.4, 0.5) is 11.5 Å². The minimum absolute atomic E-state index is 0.168. The lowest BCUT2D eigenvalue weighted by atomic mass is 10.2. The Kier molecular flexibility index (Phi) is 7.17. The van der Waals surface area contributed by atoms with Crippen molar-refractivity contribution in [3.05, 3.63) is 54.2 Å². The Morgan fingerprint density at radius 1 is 1.10 bits per heavy atom. The first kappa shape index (κ1) is 21.8. The number of nitrogens with zero attached hydrogens (tertiary/aromatic N) is 2. The second kappa shape index (κ2) is 10.2. The number of carbonyl (C=O) groups is 2. The lowest BCUT2D eigenvalue weighted by molar-refractivity contribution is -0.114. The molecule has 0 radical (unpaired) electrons. The van der Waals surface area contributed by atoms with Gasteiger partial charge < -0.3 is 24.8 Å². The Morgan fingerprint density at radius 3 is 2.48 bits per heavy atom. The zero-order valence-electron chi connectivity index (χ0n) is 17.3. The number of carbonyl (C=O) groups excluding carboxylic acids is 2. The molecule has 1 atom stereocenters. The SMILES string of the molecule is COC[C@@H](C)Oc1cc(C(=O)Nc2cc[nH]n2)cc(Oc2ccc(NC(C)=O)cc2)n1. The molecule has 162 valence electrons. The average molecular weight is 425 g/mol. The van der Waals surface area contributed by atoms with Gasteiger partial charge in [0, 0.05) is 44.1 Å². The van der Waals surface area contributed by atoms with Crippen LogP contribution in [0.3, 0.4) is 0 Å². The normalized spacial score (nSPS) is 11.5. The highest BCUT2D eigenvalue weighted by atomic mass is 16.5. The predicted octanol–water partition coefficient (Wildman–Crippen LogP) is 3.22. The van der Waals surface area contributed by atoms with Crippen LogP contribution in [0.15, 0.2) is 48.7 Å². The molecule has 10 nitrogen and oxygen atoms in total. The van der Waals surface area contributed by atoms with Crippen molar-refractivity contribution in [2.24, 2.45) is 0 Å². The molecule has 0 unspecified atom stereocenters. The molecule has 0 aliphatic carbocycles. The number of ether oxygens (including phenoxy) is 3. The molecular weight excluding hydrogens is 402 g/mol. The summed E-state index contributed by atoms with van der Waals surface area (Å²) in [5, 5.41) is 11.9. The molecule has 1 aromatic carbocycles. The number of anilines is 2. The molecule has 0 aliphatic rings. The van der Waals surface area contributed by atoms with Gasteiger partial charge in [-0.15, -0.1) is 0 Å². The maximum atomic E-state index is 12.7. The van der Waals surface area contributed by atoms with Crippen molar-refractivity contribution in [1.29, 1.82) is 0 Å². The first-order valence-corrected chi connectivity index (χ1v) is 9.47. The zero-order chi connectivity index (χ0) is 22.2. The van der Waals surface area contributed by atoms with Gasteiger partial charge in [-0.05, 0) is 31.2 Å². The second-order valence-corrected chi connectivity index (χ2v) is 6.64. The molecule has 0 saturated heterocycles. The van der Waals surface area contributed by atoms with Crippen LogP contribution in [0.5, 0.6) is 17.5 Å². The number of amides is 2. The molecule has 0 saturated carbocycles. The zero-order valence-corrected chi connectivity index (χ0v) is 17.3. The van der Waals surface area contributed by atoms with Crippen molar-refractivity contribution in [2.75, 3.05) is 24.4 Å². The molecule has 2 heterocycles. The van der Waals surface area contributed by atoms with Crippen LogP contribution in [-0.2, 0) is 9.53 Å². The van der Waals surface area contributed by atoms with Gasteiger partial charge in [-0.3, -0.25) is 14.7 Å². The lowest BCUT2D eigenvalue weighted by Crippen LogP contribution is -2.19. The minimum Gasteiger partial charge on any atom is -0.472 e. The number of pyridine rings is 1. The fraction of sp³-hybridized carbons (Fsp3) is 0.238. The largest absolute Gasteiger partial charge is 0.472 e. The molecule has 31 heavy (non-hydrogen) atoms. The quantitative estimate of drug-likeness (QED) is 0.480. The monoisotopic (exact) mass is 425 g/mol. The fourth-order valence-corrected chi connectivity index (χ4v) is 2.65. The van der Waals surface area contributed by atoms with Crippen molar-refractivity contribution >= 4 is 23.3 Å². The van der Waals surface area contributed by atoms with Crippen molar-refractivity contribution in [1.82, 2.24) is 15.2 Å². The summed E-state index contributed by atoms with van der Waals surface area (Å²) in [4.78, 5) is 28.1. The summed E-state index contributed by atoms with van der Waals surface area (Å²) in [6.07, 6.45) is 1.31. The topological polar surface area (TPSA) is 127 Å². The van der Waals surface area contributed by atoms with Gasteiger partial charge in [0.2, 0.25) is 17.7 Å². The van der Waals surface area contributed by atoms with Crippen molar-refractivity contribution in [2.45, 2.75) is 20.0 Å². The molecule has 3 aromatic rings. The van der Waals surface area contributed by atoms with E-state index in [-0.39, 0.29) is 29.3 Å². The molecule has 3 N–H and O–H groups in total. The van der Waals surface area contributed by atoms with E-state index in [0.29, 0.717) is 23.9 Å². The summed E-state index contributed by atoms with van der Waals surface area (Å²) in [5.74, 6) is 0.670. The van der Waals surface area contributed by atoms with Crippen LogP contribution >= 0.6 is 0 Å². The van der Waals surface area contributed by atoms with Crippen molar-refractivity contribution < 1.29 is 23.8 Å². The number of nitrogens with one attached hydrogen (secondary N) is 3. The summed E-state index contributed by atoms with van der Waals surface area (Å²) in [7, 11) is 1.57. The van der Waals surface area contributed by atoms with E-state index in [2.05, 4.69) is 25.8 Å². The summed E-state index contributed by atoms with van der Waals surface area (Å²) >= 11 is 0.